The number of hydrogen-bond donors (Lipinski definition) is 3. The first-order chi connectivity index (χ1) is 15.3. The van der Waals surface area contributed by atoms with E-state index in [9.17, 15) is 13.2 Å². The summed E-state index contributed by atoms with van der Waals surface area (Å²) in [5.41, 5.74) is 4.34. The van der Waals surface area contributed by atoms with Gasteiger partial charge in [-0.3, -0.25) is 9.52 Å². The Balaban J connectivity index is 1.75. The predicted molar refractivity (Wildman–Crippen MR) is 131 cm³/mol. The standard InChI is InChI=1S/C24H24N4O3S/c1-3-6-24(29)26-19-14-22(25-17-9-11-18(12-10-17)28-32(2,30)31)20-13-16-7-4-5-8-21(16)27-23(20)15-19/h4-5,7-15,25,28H,3,6H2,1-2H3,(H,26,29). The fourth-order valence-corrected chi connectivity index (χ4v) is 4.06. The quantitative estimate of drug-likeness (QED) is 0.336. The summed E-state index contributed by atoms with van der Waals surface area (Å²) in [5, 5.41) is 8.25. The molecule has 1 heterocycles. The highest BCUT2D eigenvalue weighted by atomic mass is 32.2. The number of nitrogens with zero attached hydrogens (tertiary/aromatic N) is 1. The van der Waals surface area contributed by atoms with E-state index in [1.165, 1.54) is 0 Å². The maximum Gasteiger partial charge on any atom is 0.229 e. The summed E-state index contributed by atoms with van der Waals surface area (Å²) >= 11 is 0. The summed E-state index contributed by atoms with van der Waals surface area (Å²) in [6.07, 6.45) is 2.32. The van der Waals surface area contributed by atoms with Crippen LogP contribution < -0.4 is 15.4 Å². The molecule has 0 radical (unpaired) electrons. The molecule has 4 aromatic rings. The van der Waals surface area contributed by atoms with E-state index in [-0.39, 0.29) is 5.91 Å². The van der Waals surface area contributed by atoms with Gasteiger partial charge >= 0.3 is 0 Å². The van der Waals surface area contributed by atoms with Gasteiger partial charge < -0.3 is 10.6 Å². The van der Waals surface area contributed by atoms with Crippen molar-refractivity contribution in [3.8, 4) is 0 Å². The van der Waals surface area contributed by atoms with Gasteiger partial charge in [-0.05, 0) is 55.0 Å². The zero-order chi connectivity index (χ0) is 22.7. The molecule has 0 spiro atoms. The van der Waals surface area contributed by atoms with E-state index >= 15 is 0 Å². The lowest BCUT2D eigenvalue weighted by atomic mass is 10.1. The van der Waals surface area contributed by atoms with Gasteiger partial charge in [0, 0.05) is 34.3 Å². The number of carbonyl (C=O) groups is 1. The summed E-state index contributed by atoms with van der Waals surface area (Å²) in [4.78, 5) is 17.0. The molecule has 164 valence electrons. The number of rotatable bonds is 7. The van der Waals surface area contributed by atoms with E-state index in [1.807, 2.05) is 43.3 Å². The Morgan fingerprint density at radius 1 is 0.906 bits per heavy atom. The zero-order valence-electron chi connectivity index (χ0n) is 17.8. The molecule has 0 aliphatic heterocycles. The van der Waals surface area contributed by atoms with E-state index in [2.05, 4.69) is 21.4 Å². The van der Waals surface area contributed by atoms with Gasteiger partial charge in [-0.2, -0.15) is 0 Å². The fraction of sp³-hybridized carbons (Fsp3) is 0.167. The number of amides is 1. The Hall–Kier alpha value is -3.65. The molecular formula is C24H24N4O3S. The number of anilines is 4. The first-order valence-corrected chi connectivity index (χ1v) is 12.2. The summed E-state index contributed by atoms with van der Waals surface area (Å²) < 4.78 is 25.3. The summed E-state index contributed by atoms with van der Waals surface area (Å²) in [5.74, 6) is -0.0465. The molecule has 0 unspecified atom stereocenters. The van der Waals surface area contributed by atoms with Crippen molar-refractivity contribution in [1.82, 2.24) is 4.98 Å². The number of nitrogens with one attached hydrogen (secondary N) is 3. The molecule has 32 heavy (non-hydrogen) atoms. The monoisotopic (exact) mass is 448 g/mol. The minimum atomic E-state index is -3.34. The van der Waals surface area contributed by atoms with Crippen LogP contribution in [0.15, 0.2) is 66.7 Å². The van der Waals surface area contributed by atoms with Gasteiger partial charge in [-0.15, -0.1) is 0 Å². The number of para-hydroxylation sites is 1. The van der Waals surface area contributed by atoms with Crippen molar-refractivity contribution in [3.63, 3.8) is 0 Å². The van der Waals surface area contributed by atoms with E-state index in [0.29, 0.717) is 17.8 Å². The summed E-state index contributed by atoms with van der Waals surface area (Å²) in [6.45, 7) is 1.96. The second-order valence-electron chi connectivity index (χ2n) is 7.65. The summed E-state index contributed by atoms with van der Waals surface area (Å²) in [6, 6.07) is 20.7. The van der Waals surface area contributed by atoms with Gasteiger partial charge in [0.05, 0.1) is 23.0 Å². The third-order valence-electron chi connectivity index (χ3n) is 4.86. The van der Waals surface area contributed by atoms with E-state index < -0.39 is 10.0 Å². The van der Waals surface area contributed by atoms with E-state index in [0.717, 1.165) is 45.9 Å². The van der Waals surface area contributed by atoms with Crippen molar-refractivity contribution >= 4 is 60.5 Å². The number of carbonyl (C=O) groups excluding carboxylic acids is 1. The average Bonchev–Trinajstić information content (AvgIpc) is 2.73. The van der Waals surface area contributed by atoms with Gasteiger partial charge in [0.15, 0.2) is 0 Å². The van der Waals surface area contributed by atoms with Crippen LogP contribution in [0.5, 0.6) is 0 Å². The molecule has 0 atom stereocenters. The molecule has 3 N–H and O–H groups in total. The van der Waals surface area contributed by atoms with E-state index in [1.54, 1.807) is 24.3 Å². The molecule has 0 saturated carbocycles. The second kappa shape index (κ2) is 8.84. The highest BCUT2D eigenvalue weighted by molar-refractivity contribution is 7.92. The van der Waals surface area contributed by atoms with Crippen LogP contribution in [-0.2, 0) is 14.8 Å². The van der Waals surface area contributed by atoms with Gasteiger partial charge in [0.1, 0.15) is 0 Å². The van der Waals surface area contributed by atoms with Crippen LogP contribution in [-0.4, -0.2) is 25.6 Å². The Morgan fingerprint density at radius 3 is 2.34 bits per heavy atom. The molecule has 7 nitrogen and oxygen atoms in total. The number of benzene rings is 3. The molecular weight excluding hydrogens is 424 g/mol. The molecule has 8 heteroatoms. The Bertz CT molecular complexity index is 1400. The molecule has 0 aliphatic rings. The highest BCUT2D eigenvalue weighted by Crippen LogP contribution is 2.32. The van der Waals surface area contributed by atoms with Crippen molar-refractivity contribution in [2.45, 2.75) is 19.8 Å². The smallest absolute Gasteiger partial charge is 0.229 e. The van der Waals surface area contributed by atoms with Crippen molar-refractivity contribution in [2.24, 2.45) is 0 Å². The van der Waals surface area contributed by atoms with E-state index in [4.69, 9.17) is 4.98 Å². The Labute approximate surface area is 186 Å². The number of pyridine rings is 1. The van der Waals surface area contributed by atoms with Crippen LogP contribution in [0.3, 0.4) is 0 Å². The predicted octanol–water partition coefficient (Wildman–Crippen LogP) is 5.24. The summed E-state index contributed by atoms with van der Waals surface area (Å²) in [7, 11) is -3.34. The van der Waals surface area contributed by atoms with Gasteiger partial charge in [0.25, 0.3) is 0 Å². The minimum Gasteiger partial charge on any atom is -0.355 e. The lowest BCUT2D eigenvalue weighted by molar-refractivity contribution is -0.116. The van der Waals surface area contributed by atoms with Crippen LogP contribution in [0.1, 0.15) is 19.8 Å². The van der Waals surface area contributed by atoms with Crippen molar-refractivity contribution in [1.29, 1.82) is 0 Å². The molecule has 0 bridgehead atoms. The van der Waals surface area contributed by atoms with Crippen LogP contribution >= 0.6 is 0 Å². The third kappa shape index (κ3) is 5.15. The molecule has 0 fully saturated rings. The first-order valence-electron chi connectivity index (χ1n) is 10.3. The van der Waals surface area contributed by atoms with Crippen molar-refractivity contribution in [2.75, 3.05) is 21.6 Å². The lowest BCUT2D eigenvalue weighted by Crippen LogP contribution is -2.11. The van der Waals surface area contributed by atoms with Gasteiger partial charge in [-0.1, -0.05) is 25.1 Å². The second-order valence-corrected chi connectivity index (χ2v) is 9.39. The van der Waals surface area contributed by atoms with Gasteiger partial charge in [-0.25, -0.2) is 13.4 Å². The van der Waals surface area contributed by atoms with Crippen LogP contribution in [0.2, 0.25) is 0 Å². The lowest BCUT2D eigenvalue weighted by Gasteiger charge is -2.14. The largest absolute Gasteiger partial charge is 0.355 e. The van der Waals surface area contributed by atoms with Crippen LogP contribution in [0.4, 0.5) is 22.7 Å². The highest BCUT2D eigenvalue weighted by Gasteiger charge is 2.10. The molecule has 3 aromatic carbocycles. The first kappa shape index (κ1) is 21.6. The third-order valence-corrected chi connectivity index (χ3v) is 5.47. The Kier molecular flexibility index (Phi) is 5.96. The number of fused-ring (bicyclic) bond motifs is 2. The minimum absolute atomic E-state index is 0.0465. The average molecular weight is 449 g/mol. The van der Waals surface area contributed by atoms with Gasteiger partial charge in [0.2, 0.25) is 15.9 Å². The SMILES string of the molecule is CCCC(=O)Nc1cc(Nc2ccc(NS(C)(=O)=O)cc2)c2cc3ccccc3nc2c1. The molecule has 4 rings (SSSR count). The topological polar surface area (TPSA) is 100 Å². The van der Waals surface area contributed by atoms with Crippen molar-refractivity contribution < 1.29 is 13.2 Å². The number of aromatic nitrogens is 1. The number of sulfonamides is 1. The molecule has 1 amide bonds. The van der Waals surface area contributed by atoms with Crippen LogP contribution in [0, 0.1) is 0 Å². The fourth-order valence-electron chi connectivity index (χ4n) is 3.50. The van der Waals surface area contributed by atoms with Crippen LogP contribution in [0.25, 0.3) is 21.8 Å². The maximum absolute atomic E-state index is 12.2. The number of hydrogen-bond acceptors (Lipinski definition) is 5. The molecule has 0 aliphatic carbocycles. The normalized spacial score (nSPS) is 11.4. The maximum atomic E-state index is 12.2. The molecule has 0 saturated heterocycles. The van der Waals surface area contributed by atoms with Crippen molar-refractivity contribution in [3.05, 3.63) is 66.7 Å². The Morgan fingerprint density at radius 2 is 1.62 bits per heavy atom. The zero-order valence-corrected chi connectivity index (χ0v) is 18.7. The molecule has 1 aromatic heterocycles.